The van der Waals surface area contributed by atoms with Crippen LogP contribution in [0.1, 0.15) is 39.0 Å². The molecule has 30 heavy (non-hydrogen) atoms. The maximum atomic E-state index is 12.3. The number of Topliss-reactive ketones (excluding diaryl/α,β-unsaturated/α-hetero) is 2. The molecule has 0 unspecified atom stereocenters. The average Bonchev–Trinajstić information content (AvgIpc) is 3.23. The van der Waals surface area contributed by atoms with Crippen molar-refractivity contribution in [2.75, 3.05) is 11.6 Å². The van der Waals surface area contributed by atoms with E-state index in [4.69, 9.17) is 4.74 Å². The Hall–Kier alpha value is -2.13. The molecular weight excluding hydrogens is 518 g/mol. The van der Waals surface area contributed by atoms with Crippen molar-refractivity contribution >= 4 is 66.6 Å². The van der Waals surface area contributed by atoms with Gasteiger partial charge < -0.3 is 4.74 Å². The summed E-state index contributed by atoms with van der Waals surface area (Å²) in [4.78, 5) is 40.5. The van der Waals surface area contributed by atoms with Crippen molar-refractivity contribution in [1.29, 1.82) is 0 Å². The van der Waals surface area contributed by atoms with E-state index in [0.717, 1.165) is 31.3 Å². The monoisotopic (exact) mass is 535 g/mol. The van der Waals surface area contributed by atoms with Crippen molar-refractivity contribution in [2.45, 2.75) is 39.0 Å². The Morgan fingerprint density at radius 2 is 1.73 bits per heavy atom. The standard InChI is InChI=1S/C21H19Br2N3O4/c1-11-17(27)9-20(29)26(25-11)13-6-15(22)21(16(23)7-13)30-19-8-14(18(28)10-24-19)12-4-2-3-5-12/h6-8,12H,2-5,9-10H2,1H3. The lowest BCUT2D eigenvalue weighted by molar-refractivity contribution is -0.124. The van der Waals surface area contributed by atoms with Gasteiger partial charge in [0.15, 0.2) is 17.3 Å². The van der Waals surface area contributed by atoms with E-state index in [9.17, 15) is 14.4 Å². The first-order chi connectivity index (χ1) is 14.3. The molecule has 3 aliphatic rings. The van der Waals surface area contributed by atoms with Gasteiger partial charge >= 0.3 is 0 Å². The Labute approximate surface area is 190 Å². The molecule has 0 N–H and O–H groups in total. The number of rotatable bonds is 3. The highest BCUT2D eigenvalue weighted by Crippen LogP contribution is 2.39. The molecule has 0 saturated heterocycles. The summed E-state index contributed by atoms with van der Waals surface area (Å²) in [6.07, 6.45) is 5.89. The van der Waals surface area contributed by atoms with Crippen LogP contribution in [-0.4, -0.2) is 35.6 Å². The molecule has 156 valence electrons. The van der Waals surface area contributed by atoms with Crippen LogP contribution in [0.15, 0.2) is 42.8 Å². The first kappa shape index (κ1) is 21.1. The van der Waals surface area contributed by atoms with Gasteiger partial charge in [-0.25, -0.2) is 4.99 Å². The quantitative estimate of drug-likeness (QED) is 0.536. The van der Waals surface area contributed by atoms with Crippen LogP contribution in [0, 0.1) is 5.92 Å². The summed E-state index contributed by atoms with van der Waals surface area (Å²) >= 11 is 6.96. The molecule has 0 aromatic heterocycles. The van der Waals surface area contributed by atoms with E-state index in [1.54, 1.807) is 25.1 Å². The minimum absolute atomic E-state index is 0.0640. The summed E-state index contributed by atoms with van der Waals surface area (Å²) < 4.78 is 7.16. The van der Waals surface area contributed by atoms with Gasteiger partial charge in [0.2, 0.25) is 5.90 Å². The third kappa shape index (κ3) is 4.18. The molecule has 1 fully saturated rings. The Morgan fingerprint density at radius 3 is 2.40 bits per heavy atom. The minimum atomic E-state index is -0.391. The van der Waals surface area contributed by atoms with E-state index in [2.05, 4.69) is 42.0 Å². The topological polar surface area (TPSA) is 88.4 Å². The molecular formula is C21H19Br2N3O4. The number of benzene rings is 1. The van der Waals surface area contributed by atoms with Crippen LogP contribution < -0.4 is 9.75 Å². The van der Waals surface area contributed by atoms with Crippen molar-refractivity contribution in [3.05, 3.63) is 32.7 Å². The zero-order valence-electron chi connectivity index (χ0n) is 16.3. The van der Waals surface area contributed by atoms with Crippen LogP contribution in [-0.2, 0) is 14.4 Å². The zero-order chi connectivity index (χ0) is 21.4. The highest BCUT2D eigenvalue weighted by atomic mass is 79.9. The normalized spacial score (nSPS) is 20.3. The van der Waals surface area contributed by atoms with E-state index >= 15 is 0 Å². The maximum Gasteiger partial charge on any atom is 0.255 e. The van der Waals surface area contributed by atoms with Gasteiger partial charge in [0, 0.05) is 11.6 Å². The largest absolute Gasteiger partial charge is 0.437 e. The molecule has 1 aliphatic carbocycles. The van der Waals surface area contributed by atoms with E-state index < -0.39 is 5.91 Å². The number of dihydropyridines is 1. The second-order valence-electron chi connectivity index (χ2n) is 7.49. The second-order valence-corrected chi connectivity index (χ2v) is 9.20. The van der Waals surface area contributed by atoms with Crippen LogP contribution in [0.2, 0.25) is 0 Å². The van der Waals surface area contributed by atoms with Gasteiger partial charge in [0.25, 0.3) is 5.91 Å². The molecule has 0 bridgehead atoms. The number of ketones is 2. The van der Waals surface area contributed by atoms with Gasteiger partial charge in [-0.15, -0.1) is 0 Å². The SMILES string of the molecule is CC1=NN(c2cc(Br)c(OC3=NCC(=O)C(C4CCCC4)=C3)c(Br)c2)C(=O)CC1=O. The fourth-order valence-corrected chi connectivity index (χ4v) is 5.14. The Bertz CT molecular complexity index is 1020. The number of amides is 1. The van der Waals surface area contributed by atoms with Crippen molar-refractivity contribution in [1.82, 2.24) is 0 Å². The lowest BCUT2D eigenvalue weighted by atomic mass is 9.92. The number of hydrazone groups is 1. The number of hydrogen-bond acceptors (Lipinski definition) is 6. The molecule has 1 aromatic rings. The molecule has 0 radical (unpaired) electrons. The molecule has 1 amide bonds. The van der Waals surface area contributed by atoms with Crippen LogP contribution in [0.4, 0.5) is 5.69 Å². The highest BCUT2D eigenvalue weighted by molar-refractivity contribution is 9.11. The summed E-state index contributed by atoms with van der Waals surface area (Å²) in [6.45, 7) is 1.68. The number of carbonyl (C=O) groups is 3. The van der Waals surface area contributed by atoms with Crippen molar-refractivity contribution < 1.29 is 19.1 Å². The molecule has 1 saturated carbocycles. The maximum absolute atomic E-state index is 12.3. The third-order valence-electron chi connectivity index (χ3n) is 5.41. The molecule has 7 nitrogen and oxygen atoms in total. The Balaban J connectivity index is 1.59. The number of aliphatic imine (C=N–C) groups is 1. The third-order valence-corrected chi connectivity index (χ3v) is 6.59. The first-order valence-corrected chi connectivity index (χ1v) is 11.3. The summed E-state index contributed by atoms with van der Waals surface area (Å²) in [5.41, 5.74) is 1.59. The lowest BCUT2D eigenvalue weighted by Crippen LogP contribution is -2.36. The van der Waals surface area contributed by atoms with Gasteiger partial charge in [-0.3, -0.25) is 14.4 Å². The van der Waals surface area contributed by atoms with Crippen LogP contribution >= 0.6 is 31.9 Å². The van der Waals surface area contributed by atoms with Gasteiger partial charge in [-0.2, -0.15) is 10.1 Å². The Morgan fingerprint density at radius 1 is 1.07 bits per heavy atom. The lowest BCUT2D eigenvalue weighted by Gasteiger charge is -2.23. The van der Waals surface area contributed by atoms with Crippen molar-refractivity contribution in [2.24, 2.45) is 16.0 Å². The number of halogens is 2. The predicted molar refractivity (Wildman–Crippen MR) is 120 cm³/mol. The molecule has 4 rings (SSSR count). The van der Waals surface area contributed by atoms with Gasteiger partial charge in [0.05, 0.1) is 21.1 Å². The molecule has 1 aromatic carbocycles. The van der Waals surface area contributed by atoms with Crippen molar-refractivity contribution in [3.8, 4) is 5.75 Å². The second kappa shape index (κ2) is 8.55. The number of ether oxygens (including phenoxy) is 1. The fraction of sp³-hybridized carbons (Fsp3) is 0.381. The summed E-state index contributed by atoms with van der Waals surface area (Å²) in [6, 6.07) is 3.39. The Kier molecular flexibility index (Phi) is 6.02. The van der Waals surface area contributed by atoms with Crippen LogP contribution in [0.3, 0.4) is 0 Å². The van der Waals surface area contributed by atoms with Crippen LogP contribution in [0.25, 0.3) is 0 Å². The van der Waals surface area contributed by atoms with E-state index in [1.165, 1.54) is 5.01 Å². The van der Waals surface area contributed by atoms with Crippen LogP contribution in [0.5, 0.6) is 5.75 Å². The number of anilines is 1. The minimum Gasteiger partial charge on any atom is -0.437 e. The molecule has 9 heteroatoms. The van der Waals surface area contributed by atoms with Gasteiger partial charge in [-0.1, -0.05) is 12.8 Å². The summed E-state index contributed by atoms with van der Waals surface area (Å²) in [5, 5.41) is 5.32. The zero-order valence-corrected chi connectivity index (χ0v) is 19.5. The first-order valence-electron chi connectivity index (χ1n) is 9.71. The number of carbonyl (C=O) groups excluding carboxylic acids is 3. The molecule has 2 aliphatic heterocycles. The van der Waals surface area contributed by atoms with Gasteiger partial charge in [-0.05, 0) is 69.7 Å². The summed E-state index contributed by atoms with van der Waals surface area (Å²) in [5.74, 6) is 0.555. The molecule has 0 spiro atoms. The molecule has 2 heterocycles. The summed E-state index contributed by atoms with van der Waals surface area (Å²) in [7, 11) is 0. The van der Waals surface area contributed by atoms with Gasteiger partial charge in [0.1, 0.15) is 12.3 Å². The smallest absolute Gasteiger partial charge is 0.255 e. The highest BCUT2D eigenvalue weighted by Gasteiger charge is 2.29. The van der Waals surface area contributed by atoms with Crippen molar-refractivity contribution in [3.63, 3.8) is 0 Å². The van der Waals surface area contributed by atoms with E-state index in [-0.39, 0.29) is 36.2 Å². The molecule has 0 atom stereocenters. The number of nitrogens with zero attached hydrogens (tertiary/aromatic N) is 3. The predicted octanol–water partition coefficient (Wildman–Crippen LogP) is 4.37. The fourth-order valence-electron chi connectivity index (χ4n) is 3.82. The number of hydrogen-bond donors (Lipinski definition) is 0. The van der Waals surface area contributed by atoms with E-state index in [1.807, 2.05) is 0 Å². The van der Waals surface area contributed by atoms with E-state index in [0.29, 0.717) is 26.3 Å². The average molecular weight is 537 g/mol.